The summed E-state index contributed by atoms with van der Waals surface area (Å²) in [7, 11) is 0. The summed E-state index contributed by atoms with van der Waals surface area (Å²) in [5.74, 6) is 0.223. The molecule has 1 unspecified atom stereocenters. The number of aldehydes is 1. The van der Waals surface area contributed by atoms with Crippen LogP contribution in [-0.2, 0) is 11.3 Å². The predicted molar refractivity (Wildman–Crippen MR) is 65.5 cm³/mol. The number of carbonyl (C=O) groups is 1. The highest BCUT2D eigenvalue weighted by Crippen LogP contribution is 2.18. The molecule has 2 rings (SSSR count). The minimum Gasteiger partial charge on any atom is -0.303 e. The van der Waals surface area contributed by atoms with E-state index in [4.69, 9.17) is 11.6 Å². The Morgan fingerprint density at radius 3 is 2.81 bits per heavy atom. The standard InChI is InChI=1S/C13H16ClNO/c14-13-5-3-11(4-6-13)8-15-7-1-2-12(9-15)10-16/h3-6,10,12H,1-2,7-9H2. The third kappa shape index (κ3) is 3.06. The van der Waals surface area contributed by atoms with E-state index < -0.39 is 0 Å². The monoisotopic (exact) mass is 237 g/mol. The lowest BCUT2D eigenvalue weighted by atomic mass is 9.99. The van der Waals surface area contributed by atoms with Crippen molar-refractivity contribution in [3.63, 3.8) is 0 Å². The van der Waals surface area contributed by atoms with E-state index in [0.29, 0.717) is 0 Å². The fourth-order valence-corrected chi connectivity index (χ4v) is 2.32. The van der Waals surface area contributed by atoms with Gasteiger partial charge in [0.15, 0.2) is 0 Å². The van der Waals surface area contributed by atoms with Crippen molar-refractivity contribution in [1.29, 1.82) is 0 Å². The number of benzene rings is 1. The second-order valence-corrected chi connectivity index (χ2v) is 4.84. The summed E-state index contributed by atoms with van der Waals surface area (Å²) < 4.78 is 0. The van der Waals surface area contributed by atoms with Crippen LogP contribution in [0.3, 0.4) is 0 Å². The molecule has 1 aliphatic heterocycles. The Balaban J connectivity index is 1.93. The highest BCUT2D eigenvalue weighted by Gasteiger charge is 2.18. The van der Waals surface area contributed by atoms with Crippen molar-refractivity contribution in [2.75, 3.05) is 13.1 Å². The molecule has 0 spiro atoms. The molecular weight excluding hydrogens is 222 g/mol. The van der Waals surface area contributed by atoms with Gasteiger partial charge in [0.25, 0.3) is 0 Å². The Kier molecular flexibility index (Phi) is 3.97. The molecule has 0 radical (unpaired) electrons. The van der Waals surface area contributed by atoms with E-state index >= 15 is 0 Å². The van der Waals surface area contributed by atoms with Gasteiger partial charge in [-0.25, -0.2) is 0 Å². The summed E-state index contributed by atoms with van der Waals surface area (Å²) in [6, 6.07) is 7.93. The highest BCUT2D eigenvalue weighted by atomic mass is 35.5. The molecule has 0 aromatic heterocycles. The van der Waals surface area contributed by atoms with Gasteiger partial charge in [0.1, 0.15) is 6.29 Å². The van der Waals surface area contributed by atoms with Crippen molar-refractivity contribution in [2.24, 2.45) is 5.92 Å². The van der Waals surface area contributed by atoms with Crippen molar-refractivity contribution in [2.45, 2.75) is 19.4 Å². The van der Waals surface area contributed by atoms with Crippen molar-refractivity contribution in [3.8, 4) is 0 Å². The number of hydrogen-bond donors (Lipinski definition) is 0. The molecule has 0 bridgehead atoms. The number of halogens is 1. The third-order valence-electron chi connectivity index (χ3n) is 3.05. The van der Waals surface area contributed by atoms with Gasteiger partial charge < -0.3 is 4.79 Å². The summed E-state index contributed by atoms with van der Waals surface area (Å²) in [5, 5.41) is 0.771. The van der Waals surface area contributed by atoms with Gasteiger partial charge in [-0.15, -0.1) is 0 Å². The van der Waals surface area contributed by atoms with Crippen molar-refractivity contribution in [1.82, 2.24) is 4.90 Å². The number of piperidine rings is 1. The molecule has 1 fully saturated rings. The molecule has 1 aromatic carbocycles. The number of likely N-dealkylation sites (tertiary alicyclic amines) is 1. The van der Waals surface area contributed by atoms with Crippen LogP contribution in [-0.4, -0.2) is 24.3 Å². The van der Waals surface area contributed by atoms with Gasteiger partial charge >= 0.3 is 0 Å². The molecule has 86 valence electrons. The molecule has 1 heterocycles. The van der Waals surface area contributed by atoms with Gasteiger partial charge in [0, 0.05) is 24.0 Å². The first-order valence-electron chi connectivity index (χ1n) is 5.70. The zero-order valence-corrected chi connectivity index (χ0v) is 9.99. The lowest BCUT2D eigenvalue weighted by Crippen LogP contribution is -2.35. The van der Waals surface area contributed by atoms with Gasteiger partial charge in [-0.2, -0.15) is 0 Å². The second-order valence-electron chi connectivity index (χ2n) is 4.40. The average molecular weight is 238 g/mol. The molecule has 0 amide bonds. The van der Waals surface area contributed by atoms with Crippen LogP contribution in [0.25, 0.3) is 0 Å². The number of nitrogens with zero attached hydrogens (tertiary/aromatic N) is 1. The largest absolute Gasteiger partial charge is 0.303 e. The minimum atomic E-state index is 0.223. The van der Waals surface area contributed by atoms with Crippen molar-refractivity contribution < 1.29 is 4.79 Å². The molecule has 1 saturated heterocycles. The first kappa shape index (κ1) is 11.6. The molecule has 3 heteroatoms. The van der Waals surface area contributed by atoms with Crippen LogP contribution in [0.15, 0.2) is 24.3 Å². The Hall–Kier alpha value is -0.860. The fraction of sp³-hybridized carbons (Fsp3) is 0.462. The quantitative estimate of drug-likeness (QED) is 0.754. The van der Waals surface area contributed by atoms with E-state index in [1.807, 2.05) is 24.3 Å². The molecule has 1 aliphatic rings. The van der Waals surface area contributed by atoms with E-state index in [-0.39, 0.29) is 5.92 Å². The van der Waals surface area contributed by atoms with E-state index in [2.05, 4.69) is 4.90 Å². The molecular formula is C13H16ClNO. The second kappa shape index (κ2) is 5.46. The maximum absolute atomic E-state index is 10.8. The average Bonchev–Trinajstić information content (AvgIpc) is 2.32. The predicted octanol–water partition coefficient (Wildman–Crippen LogP) is 2.75. The molecule has 16 heavy (non-hydrogen) atoms. The van der Waals surface area contributed by atoms with Crippen LogP contribution < -0.4 is 0 Å². The summed E-state index contributed by atoms with van der Waals surface area (Å²) in [6.45, 7) is 2.90. The van der Waals surface area contributed by atoms with Crippen molar-refractivity contribution in [3.05, 3.63) is 34.9 Å². The highest BCUT2D eigenvalue weighted by molar-refractivity contribution is 6.30. The lowest BCUT2D eigenvalue weighted by molar-refractivity contribution is -0.112. The smallest absolute Gasteiger partial charge is 0.124 e. The van der Waals surface area contributed by atoms with Crippen LogP contribution in [0, 0.1) is 5.92 Å². The molecule has 1 aromatic rings. The first-order valence-corrected chi connectivity index (χ1v) is 6.08. The summed E-state index contributed by atoms with van der Waals surface area (Å²) >= 11 is 5.84. The topological polar surface area (TPSA) is 20.3 Å². The zero-order chi connectivity index (χ0) is 11.4. The number of carbonyl (C=O) groups excluding carboxylic acids is 1. The maximum atomic E-state index is 10.8. The Morgan fingerprint density at radius 2 is 2.12 bits per heavy atom. The van der Waals surface area contributed by atoms with Crippen molar-refractivity contribution >= 4 is 17.9 Å². The SMILES string of the molecule is O=CC1CCCN(Cc2ccc(Cl)cc2)C1. The van der Waals surface area contributed by atoms with E-state index in [1.165, 1.54) is 5.56 Å². The van der Waals surface area contributed by atoms with Gasteiger partial charge in [-0.3, -0.25) is 4.90 Å². The van der Waals surface area contributed by atoms with Crippen LogP contribution >= 0.6 is 11.6 Å². The molecule has 1 atom stereocenters. The lowest BCUT2D eigenvalue weighted by Gasteiger charge is -2.30. The third-order valence-corrected chi connectivity index (χ3v) is 3.31. The fourth-order valence-electron chi connectivity index (χ4n) is 2.19. The van der Waals surface area contributed by atoms with Gasteiger partial charge in [-0.1, -0.05) is 23.7 Å². The van der Waals surface area contributed by atoms with Crippen LogP contribution in [0.1, 0.15) is 18.4 Å². The first-order chi connectivity index (χ1) is 7.78. The zero-order valence-electron chi connectivity index (χ0n) is 9.23. The summed E-state index contributed by atoms with van der Waals surface area (Å²) in [6.07, 6.45) is 3.26. The van der Waals surface area contributed by atoms with Gasteiger partial charge in [0.2, 0.25) is 0 Å². The van der Waals surface area contributed by atoms with Crippen LogP contribution in [0.4, 0.5) is 0 Å². The summed E-state index contributed by atoms with van der Waals surface area (Å²) in [5.41, 5.74) is 1.26. The number of rotatable bonds is 3. The van der Waals surface area contributed by atoms with Crippen LogP contribution in [0.5, 0.6) is 0 Å². The van der Waals surface area contributed by atoms with E-state index in [0.717, 1.165) is 43.8 Å². The Labute approximate surface area is 101 Å². The minimum absolute atomic E-state index is 0.223. The Bertz CT molecular complexity index is 349. The van der Waals surface area contributed by atoms with Gasteiger partial charge in [0.05, 0.1) is 0 Å². The normalized spacial score (nSPS) is 21.9. The molecule has 0 aliphatic carbocycles. The van der Waals surface area contributed by atoms with E-state index in [1.54, 1.807) is 0 Å². The number of hydrogen-bond acceptors (Lipinski definition) is 2. The van der Waals surface area contributed by atoms with Crippen LogP contribution in [0.2, 0.25) is 5.02 Å². The maximum Gasteiger partial charge on any atom is 0.124 e. The molecule has 2 nitrogen and oxygen atoms in total. The van der Waals surface area contributed by atoms with E-state index in [9.17, 15) is 4.79 Å². The Morgan fingerprint density at radius 1 is 1.38 bits per heavy atom. The molecule has 0 N–H and O–H groups in total. The van der Waals surface area contributed by atoms with Gasteiger partial charge in [-0.05, 0) is 37.1 Å². The molecule has 0 saturated carbocycles. The summed E-state index contributed by atoms with van der Waals surface area (Å²) in [4.78, 5) is 13.1.